The number of phenols is 1. The second-order valence-corrected chi connectivity index (χ2v) is 14.3. The molecular formula is C36H44BBrN2O5. The number of nitrogens with zero attached hydrogens (tertiary/aromatic N) is 2. The molecule has 3 saturated heterocycles. The summed E-state index contributed by atoms with van der Waals surface area (Å²) in [5.74, 6) is -0.780. The van der Waals surface area contributed by atoms with Gasteiger partial charge in [-0.15, -0.1) is 0 Å². The van der Waals surface area contributed by atoms with Gasteiger partial charge < -0.3 is 14.8 Å². The van der Waals surface area contributed by atoms with Crippen LogP contribution in [-0.4, -0.2) is 64.1 Å². The number of rotatable bonds is 9. The number of halogens is 1. The highest BCUT2D eigenvalue weighted by Gasteiger charge is 2.58. The zero-order chi connectivity index (χ0) is 31.7. The van der Waals surface area contributed by atoms with Crippen molar-refractivity contribution in [3.63, 3.8) is 0 Å². The predicted molar refractivity (Wildman–Crippen MR) is 180 cm³/mol. The molecule has 6 rings (SSSR count). The van der Waals surface area contributed by atoms with Gasteiger partial charge in [0.1, 0.15) is 5.75 Å². The summed E-state index contributed by atoms with van der Waals surface area (Å²) < 4.78 is 7.09. The van der Waals surface area contributed by atoms with Crippen molar-refractivity contribution in [2.75, 3.05) is 13.1 Å². The number of carbonyl (C=O) groups is 2. The van der Waals surface area contributed by atoms with Crippen LogP contribution in [0, 0.1) is 17.8 Å². The summed E-state index contributed by atoms with van der Waals surface area (Å²) in [6.45, 7) is 6.79. The number of aromatic hydroxyl groups is 1. The number of amides is 2. The van der Waals surface area contributed by atoms with Gasteiger partial charge in [0.05, 0.1) is 17.9 Å². The highest BCUT2D eigenvalue weighted by atomic mass is 79.9. The monoisotopic (exact) mass is 674 g/mol. The minimum atomic E-state index is -0.970. The topological polar surface area (TPSA) is 90.3 Å². The molecule has 2 amide bonds. The molecule has 0 spiro atoms. The van der Waals surface area contributed by atoms with Crippen LogP contribution in [0.25, 0.3) is 6.08 Å². The van der Waals surface area contributed by atoms with Crippen LogP contribution in [-0.2, 0) is 20.8 Å². The first-order valence-electron chi connectivity index (χ1n) is 16.6. The van der Waals surface area contributed by atoms with Gasteiger partial charge in [-0.25, -0.2) is 0 Å². The van der Waals surface area contributed by atoms with Crippen molar-refractivity contribution in [2.45, 2.75) is 83.8 Å². The van der Waals surface area contributed by atoms with Crippen molar-refractivity contribution >= 4 is 40.9 Å². The second kappa shape index (κ2) is 14.0. The summed E-state index contributed by atoms with van der Waals surface area (Å²) in [7, 11) is -0.970. The number of carbonyl (C=O) groups excluding carboxylic acids is 2. The van der Waals surface area contributed by atoms with Gasteiger partial charge in [0, 0.05) is 35.7 Å². The van der Waals surface area contributed by atoms with E-state index >= 15 is 0 Å². The summed E-state index contributed by atoms with van der Waals surface area (Å²) >= 11 is 3.48. The fraction of sp³-hybridized carbons (Fsp3) is 0.500. The minimum absolute atomic E-state index is 0.00991. The van der Waals surface area contributed by atoms with Gasteiger partial charge in [-0.2, -0.15) is 0 Å². The third kappa shape index (κ3) is 6.87. The Kier molecular flexibility index (Phi) is 10.00. The van der Waals surface area contributed by atoms with E-state index in [4.69, 9.17) is 4.65 Å². The Bertz CT molecular complexity index is 1470. The van der Waals surface area contributed by atoms with Gasteiger partial charge in [0.15, 0.2) is 0 Å². The van der Waals surface area contributed by atoms with Crippen LogP contribution in [0.1, 0.15) is 69.9 Å². The Hall–Kier alpha value is -2.72. The first kappa shape index (κ1) is 32.2. The fourth-order valence-electron chi connectivity index (χ4n) is 8.20. The van der Waals surface area contributed by atoms with Crippen molar-refractivity contribution in [3.05, 3.63) is 80.8 Å². The number of benzene rings is 2. The van der Waals surface area contributed by atoms with E-state index < -0.39 is 13.0 Å². The van der Waals surface area contributed by atoms with Gasteiger partial charge >= 0.3 is 7.12 Å². The van der Waals surface area contributed by atoms with Crippen molar-refractivity contribution in [3.8, 4) is 5.75 Å². The Morgan fingerprint density at radius 2 is 1.84 bits per heavy atom. The molecule has 4 aliphatic rings. The maximum atomic E-state index is 14.2. The lowest BCUT2D eigenvalue weighted by molar-refractivity contribution is -0.144. The number of likely N-dealkylation sites (tertiary alicyclic amines) is 2. The highest BCUT2D eigenvalue weighted by Crippen LogP contribution is 2.52. The van der Waals surface area contributed by atoms with E-state index in [2.05, 4.69) is 52.0 Å². The normalized spacial score (nSPS) is 26.4. The molecule has 2 aromatic rings. The third-order valence-electron chi connectivity index (χ3n) is 10.3. The van der Waals surface area contributed by atoms with Crippen molar-refractivity contribution in [2.24, 2.45) is 17.8 Å². The number of phenolic OH excluding ortho intramolecular Hbond substituents is 1. The first-order valence-corrected chi connectivity index (χ1v) is 17.4. The zero-order valence-corrected chi connectivity index (χ0v) is 27.9. The molecule has 0 unspecified atom stereocenters. The molecule has 1 aliphatic carbocycles. The van der Waals surface area contributed by atoms with E-state index in [9.17, 15) is 19.7 Å². The maximum Gasteiger partial charge on any atom is 0.455 e. The minimum Gasteiger partial charge on any atom is -0.507 e. The molecule has 4 atom stereocenters. The van der Waals surface area contributed by atoms with E-state index in [0.717, 1.165) is 66.5 Å². The fourth-order valence-corrected chi connectivity index (χ4v) is 8.58. The average Bonchev–Trinajstić information content (AvgIpc) is 3.27. The zero-order valence-electron chi connectivity index (χ0n) is 26.3. The number of hydrogen-bond donors (Lipinski definition) is 2. The maximum absolute atomic E-state index is 14.2. The predicted octanol–water partition coefficient (Wildman–Crippen LogP) is 6.60. The van der Waals surface area contributed by atoms with E-state index in [1.54, 1.807) is 11.0 Å². The highest BCUT2D eigenvalue weighted by molar-refractivity contribution is 9.10. The Labute approximate surface area is 275 Å². The SMILES string of the molecule is CCCC1=C2[C@@H](CC/C(C)=C/c3cc(Br)ccc3O)OB(O)C[C@@H]2[C@@H]2C(=O)N(C3CCN(Cc4ccccc4)CC3)C(=O)[C@@H]2C1. The van der Waals surface area contributed by atoms with Crippen LogP contribution in [0.5, 0.6) is 5.75 Å². The number of allylic oxidation sites excluding steroid dienone is 2. The third-order valence-corrected chi connectivity index (χ3v) is 10.8. The molecule has 9 heteroatoms. The van der Waals surface area contributed by atoms with Crippen LogP contribution >= 0.6 is 15.9 Å². The van der Waals surface area contributed by atoms with E-state index in [1.807, 2.05) is 31.2 Å². The van der Waals surface area contributed by atoms with E-state index in [-0.39, 0.29) is 41.5 Å². The van der Waals surface area contributed by atoms with Crippen molar-refractivity contribution in [1.82, 2.24) is 9.80 Å². The summed E-state index contributed by atoms with van der Waals surface area (Å²) in [4.78, 5) is 32.2. The first-order chi connectivity index (χ1) is 21.7. The quantitative estimate of drug-likeness (QED) is 0.177. The molecule has 3 fully saturated rings. The number of hydrogen-bond acceptors (Lipinski definition) is 6. The molecule has 0 radical (unpaired) electrons. The van der Waals surface area contributed by atoms with E-state index in [1.165, 1.54) is 11.1 Å². The molecule has 0 aromatic heterocycles. The molecule has 238 valence electrons. The van der Waals surface area contributed by atoms with Gasteiger partial charge in [-0.1, -0.05) is 76.8 Å². The van der Waals surface area contributed by atoms with E-state index in [0.29, 0.717) is 25.6 Å². The van der Waals surface area contributed by atoms with Crippen molar-refractivity contribution in [1.29, 1.82) is 0 Å². The number of piperidine rings is 1. The molecule has 2 N–H and O–H groups in total. The molecule has 0 saturated carbocycles. The molecule has 0 bridgehead atoms. The van der Waals surface area contributed by atoms with Gasteiger partial charge in [0.25, 0.3) is 0 Å². The number of fused-ring (bicyclic) bond motifs is 3. The van der Waals surface area contributed by atoms with Gasteiger partial charge in [-0.05, 0) is 87.0 Å². The largest absolute Gasteiger partial charge is 0.507 e. The molecule has 3 heterocycles. The lowest BCUT2D eigenvalue weighted by Gasteiger charge is -2.43. The molecule has 7 nitrogen and oxygen atoms in total. The Morgan fingerprint density at radius 3 is 2.58 bits per heavy atom. The average molecular weight is 675 g/mol. The lowest BCUT2D eigenvalue weighted by Crippen LogP contribution is -2.48. The number of imide groups is 1. The Balaban J connectivity index is 1.18. The Morgan fingerprint density at radius 1 is 1.09 bits per heavy atom. The summed E-state index contributed by atoms with van der Waals surface area (Å²) in [5.41, 5.74) is 5.51. The molecule has 3 aliphatic heterocycles. The van der Waals surface area contributed by atoms with Crippen LogP contribution < -0.4 is 0 Å². The molecular weight excluding hydrogens is 631 g/mol. The van der Waals surface area contributed by atoms with Crippen LogP contribution in [0.15, 0.2) is 69.7 Å². The van der Waals surface area contributed by atoms with Gasteiger partial charge in [0.2, 0.25) is 11.8 Å². The van der Waals surface area contributed by atoms with Crippen molar-refractivity contribution < 1.29 is 24.4 Å². The van der Waals surface area contributed by atoms with Crippen LogP contribution in [0.2, 0.25) is 6.32 Å². The summed E-state index contributed by atoms with van der Waals surface area (Å²) in [6.07, 6.45) is 7.42. The second-order valence-electron chi connectivity index (χ2n) is 13.3. The lowest BCUT2D eigenvalue weighted by atomic mass is 9.58. The molecule has 2 aromatic carbocycles. The standard InChI is InChI=1S/C36H44BBrN2O5/c1-3-7-25-20-29-34(36(43)40(35(29)42)28-14-16-39(17-15-28)22-24-8-5-4-6-9-24)30-21-37(44)45-32(33(25)30)13-10-23(2)18-26-19-27(38)11-12-31(26)41/h4-6,8-9,11-12,18-19,28-30,32,34,41,44H,3,7,10,13-17,20-22H2,1-2H3/b23-18+/t29-,30+,32-,34-/m1/s1. The van der Waals surface area contributed by atoms with Gasteiger partial charge in [-0.3, -0.25) is 19.4 Å². The molecule has 45 heavy (non-hydrogen) atoms. The summed E-state index contributed by atoms with van der Waals surface area (Å²) in [6, 6.07) is 15.7. The van der Waals surface area contributed by atoms with Crippen LogP contribution in [0.4, 0.5) is 0 Å². The smallest absolute Gasteiger partial charge is 0.455 e. The van der Waals surface area contributed by atoms with Crippen LogP contribution in [0.3, 0.4) is 0 Å². The summed E-state index contributed by atoms with van der Waals surface area (Å²) in [5, 5.41) is 21.2.